The Morgan fingerprint density at radius 2 is 1.63 bits per heavy atom. The largest absolute Gasteiger partial charge is 0.353 e. The Morgan fingerprint density at radius 1 is 0.963 bits per heavy atom. The van der Waals surface area contributed by atoms with Crippen LogP contribution in [0.2, 0.25) is 5.02 Å². The van der Waals surface area contributed by atoms with Gasteiger partial charge in [-0.15, -0.1) is 0 Å². The summed E-state index contributed by atoms with van der Waals surface area (Å²) in [6.45, 7) is 1.41. The number of hydrogen-bond acceptors (Lipinski definition) is 2. The monoisotopic (exact) mass is 384 g/mol. The lowest BCUT2D eigenvalue weighted by molar-refractivity contribution is -0.132. The molecule has 0 aliphatic carbocycles. The van der Waals surface area contributed by atoms with E-state index >= 15 is 0 Å². The van der Waals surface area contributed by atoms with Crippen LogP contribution in [0, 0.1) is 0 Å². The minimum absolute atomic E-state index is 0.0497. The Hall–Kier alpha value is -2.33. The number of piperidine rings is 1. The van der Waals surface area contributed by atoms with E-state index in [2.05, 4.69) is 5.32 Å². The molecular formula is C22H25ClN2O2. The fourth-order valence-electron chi connectivity index (χ4n) is 3.39. The molecule has 5 heteroatoms. The Morgan fingerprint density at radius 3 is 2.30 bits per heavy atom. The average Bonchev–Trinajstić information content (AvgIpc) is 2.68. The van der Waals surface area contributed by atoms with Crippen LogP contribution in [0.15, 0.2) is 54.6 Å². The second-order valence-corrected chi connectivity index (χ2v) is 7.45. The third-order valence-corrected chi connectivity index (χ3v) is 5.21. The lowest BCUT2D eigenvalue weighted by Gasteiger charge is -2.32. The third kappa shape index (κ3) is 6.10. The normalized spacial score (nSPS) is 14.8. The Labute approximate surface area is 165 Å². The number of rotatable bonds is 6. The summed E-state index contributed by atoms with van der Waals surface area (Å²) < 4.78 is 0. The number of carbonyl (C=O) groups is 2. The molecule has 0 saturated carbocycles. The molecule has 0 bridgehead atoms. The summed E-state index contributed by atoms with van der Waals surface area (Å²) in [5.74, 6) is 0.229. The maximum atomic E-state index is 12.4. The van der Waals surface area contributed by atoms with Crippen LogP contribution in [-0.4, -0.2) is 35.8 Å². The van der Waals surface area contributed by atoms with Crippen molar-refractivity contribution in [3.63, 3.8) is 0 Å². The van der Waals surface area contributed by atoms with Crippen molar-refractivity contribution in [2.75, 3.05) is 13.1 Å². The molecule has 0 aromatic heterocycles. The molecule has 2 amide bonds. The van der Waals surface area contributed by atoms with Gasteiger partial charge in [0.15, 0.2) is 0 Å². The predicted octanol–water partition coefficient (Wildman–Crippen LogP) is 3.62. The summed E-state index contributed by atoms with van der Waals surface area (Å²) in [5, 5.41) is 3.81. The lowest BCUT2D eigenvalue weighted by atomic mass is 10.0. The van der Waals surface area contributed by atoms with Crippen molar-refractivity contribution in [1.29, 1.82) is 0 Å². The van der Waals surface area contributed by atoms with E-state index in [9.17, 15) is 9.59 Å². The number of aryl methyl sites for hydroxylation is 1. The highest BCUT2D eigenvalue weighted by atomic mass is 35.5. The molecule has 27 heavy (non-hydrogen) atoms. The molecular weight excluding hydrogens is 360 g/mol. The van der Waals surface area contributed by atoms with Gasteiger partial charge in [-0.3, -0.25) is 9.59 Å². The summed E-state index contributed by atoms with van der Waals surface area (Å²) in [6, 6.07) is 17.5. The number of nitrogens with zero attached hydrogens (tertiary/aromatic N) is 1. The first-order chi connectivity index (χ1) is 13.1. The summed E-state index contributed by atoms with van der Waals surface area (Å²) in [4.78, 5) is 26.5. The minimum atomic E-state index is 0.0497. The van der Waals surface area contributed by atoms with E-state index in [1.54, 1.807) is 0 Å². The Bertz CT molecular complexity index is 754. The molecule has 0 atom stereocenters. The zero-order valence-electron chi connectivity index (χ0n) is 15.4. The van der Waals surface area contributed by atoms with E-state index in [1.807, 2.05) is 59.5 Å². The highest BCUT2D eigenvalue weighted by Crippen LogP contribution is 2.15. The topological polar surface area (TPSA) is 49.4 Å². The minimum Gasteiger partial charge on any atom is -0.353 e. The predicted molar refractivity (Wildman–Crippen MR) is 108 cm³/mol. The molecule has 2 aromatic carbocycles. The number of hydrogen-bond donors (Lipinski definition) is 1. The van der Waals surface area contributed by atoms with E-state index in [0.717, 1.165) is 30.4 Å². The number of benzene rings is 2. The zero-order chi connectivity index (χ0) is 19.1. The molecule has 1 fully saturated rings. The van der Waals surface area contributed by atoms with Gasteiger partial charge in [-0.2, -0.15) is 0 Å². The number of carbonyl (C=O) groups excluding carboxylic acids is 2. The molecule has 1 aliphatic rings. The summed E-state index contributed by atoms with van der Waals surface area (Å²) >= 11 is 5.89. The molecule has 0 unspecified atom stereocenters. The first-order valence-corrected chi connectivity index (χ1v) is 9.83. The first-order valence-electron chi connectivity index (χ1n) is 9.45. The maximum Gasteiger partial charge on any atom is 0.224 e. The number of likely N-dealkylation sites (tertiary alicyclic amines) is 1. The van der Waals surface area contributed by atoms with Crippen molar-refractivity contribution in [3.8, 4) is 0 Å². The van der Waals surface area contributed by atoms with E-state index in [1.165, 1.54) is 0 Å². The van der Waals surface area contributed by atoms with Crippen molar-refractivity contribution in [1.82, 2.24) is 10.2 Å². The van der Waals surface area contributed by atoms with Gasteiger partial charge in [-0.25, -0.2) is 0 Å². The third-order valence-electron chi connectivity index (χ3n) is 4.96. The fraction of sp³-hybridized carbons (Fsp3) is 0.364. The van der Waals surface area contributed by atoms with Crippen molar-refractivity contribution >= 4 is 23.4 Å². The van der Waals surface area contributed by atoms with Gasteiger partial charge in [0.25, 0.3) is 0 Å². The Kier molecular flexibility index (Phi) is 6.88. The molecule has 2 aromatic rings. The van der Waals surface area contributed by atoms with E-state index < -0.39 is 0 Å². The zero-order valence-corrected chi connectivity index (χ0v) is 16.1. The summed E-state index contributed by atoms with van der Waals surface area (Å²) in [5.41, 5.74) is 2.14. The van der Waals surface area contributed by atoms with Crippen molar-refractivity contribution in [3.05, 3.63) is 70.7 Å². The lowest BCUT2D eigenvalue weighted by Crippen LogP contribution is -2.46. The number of amides is 2. The second-order valence-electron chi connectivity index (χ2n) is 7.01. The maximum absolute atomic E-state index is 12.4. The van der Waals surface area contributed by atoms with E-state index in [4.69, 9.17) is 11.6 Å². The second kappa shape index (κ2) is 9.56. The summed E-state index contributed by atoms with van der Waals surface area (Å²) in [6.07, 6.45) is 3.26. The summed E-state index contributed by atoms with van der Waals surface area (Å²) in [7, 11) is 0. The van der Waals surface area contributed by atoms with Crippen LogP contribution in [0.3, 0.4) is 0 Å². The molecule has 1 aliphatic heterocycles. The van der Waals surface area contributed by atoms with Crippen LogP contribution < -0.4 is 5.32 Å². The Balaban J connectivity index is 1.38. The molecule has 1 heterocycles. The molecule has 1 N–H and O–H groups in total. The van der Waals surface area contributed by atoms with Gasteiger partial charge >= 0.3 is 0 Å². The molecule has 4 nitrogen and oxygen atoms in total. The number of halogens is 1. The van der Waals surface area contributed by atoms with Gasteiger partial charge in [0.2, 0.25) is 11.8 Å². The van der Waals surface area contributed by atoms with Crippen LogP contribution in [0.5, 0.6) is 0 Å². The van der Waals surface area contributed by atoms with Crippen LogP contribution in [0.1, 0.15) is 30.4 Å². The van der Waals surface area contributed by atoms with Crippen LogP contribution in [0.4, 0.5) is 0 Å². The number of nitrogens with one attached hydrogen (secondary N) is 1. The first kappa shape index (κ1) is 19.4. The van der Waals surface area contributed by atoms with Gasteiger partial charge in [-0.05, 0) is 42.5 Å². The smallest absolute Gasteiger partial charge is 0.224 e. The van der Waals surface area contributed by atoms with Crippen LogP contribution in [0.25, 0.3) is 0 Å². The molecule has 142 valence electrons. The van der Waals surface area contributed by atoms with Gasteiger partial charge in [0, 0.05) is 30.6 Å². The van der Waals surface area contributed by atoms with Crippen molar-refractivity contribution in [2.24, 2.45) is 0 Å². The highest BCUT2D eigenvalue weighted by Gasteiger charge is 2.23. The van der Waals surface area contributed by atoms with E-state index in [-0.39, 0.29) is 17.9 Å². The van der Waals surface area contributed by atoms with E-state index in [0.29, 0.717) is 31.0 Å². The molecule has 0 spiro atoms. The van der Waals surface area contributed by atoms with Gasteiger partial charge in [-0.1, -0.05) is 54.1 Å². The highest BCUT2D eigenvalue weighted by molar-refractivity contribution is 6.30. The van der Waals surface area contributed by atoms with Gasteiger partial charge in [0.05, 0.1) is 6.42 Å². The molecule has 0 radical (unpaired) electrons. The fourth-order valence-corrected chi connectivity index (χ4v) is 3.52. The van der Waals surface area contributed by atoms with Crippen molar-refractivity contribution in [2.45, 2.75) is 38.1 Å². The van der Waals surface area contributed by atoms with Crippen molar-refractivity contribution < 1.29 is 9.59 Å². The van der Waals surface area contributed by atoms with Crippen LogP contribution >= 0.6 is 11.6 Å². The molecule has 1 saturated heterocycles. The SMILES string of the molecule is O=C(Cc1ccccc1)NC1CCN(C(=O)CCc2ccc(Cl)cc2)CC1. The van der Waals surface area contributed by atoms with Gasteiger partial charge < -0.3 is 10.2 Å². The average molecular weight is 385 g/mol. The van der Waals surface area contributed by atoms with Gasteiger partial charge in [0.1, 0.15) is 0 Å². The standard InChI is InChI=1S/C22H25ClN2O2/c23-19-9-6-17(7-10-19)8-11-22(27)25-14-12-20(13-15-25)24-21(26)16-18-4-2-1-3-5-18/h1-7,9-10,20H,8,11-16H2,(H,24,26). The molecule has 3 rings (SSSR count). The quantitative estimate of drug-likeness (QED) is 0.826. The van der Waals surface area contributed by atoms with Crippen LogP contribution in [-0.2, 0) is 22.4 Å².